The number of halogens is 3. The number of ether oxygens (including phenoxy) is 1. The molecule has 1 unspecified atom stereocenters. The Bertz CT molecular complexity index is 1190. The molecule has 2 aromatic carbocycles. The quantitative estimate of drug-likeness (QED) is 0.140. The molecule has 0 spiro atoms. The van der Waals surface area contributed by atoms with Crippen molar-refractivity contribution in [2.24, 2.45) is 0 Å². The van der Waals surface area contributed by atoms with Crippen LogP contribution in [-0.4, -0.2) is 29.3 Å². The van der Waals surface area contributed by atoms with Crippen molar-refractivity contribution in [3.05, 3.63) is 76.0 Å². The highest BCUT2D eigenvalue weighted by Crippen LogP contribution is 2.37. The molecule has 3 rings (SSSR count). The van der Waals surface area contributed by atoms with Crippen LogP contribution in [0.5, 0.6) is 5.75 Å². The zero-order valence-corrected chi connectivity index (χ0v) is 23.3. The molecule has 0 saturated carbocycles. The number of carbonyl (C=O) groups is 2. The molecular weight excluding hydrogens is 547 g/mol. The second-order valence-electron chi connectivity index (χ2n) is 8.94. The van der Waals surface area contributed by atoms with Gasteiger partial charge < -0.3 is 15.2 Å². The van der Waals surface area contributed by atoms with Crippen LogP contribution in [0.25, 0.3) is 11.1 Å². The third-order valence-electron chi connectivity index (χ3n) is 5.87. The van der Waals surface area contributed by atoms with E-state index in [1.165, 1.54) is 42.7 Å². The Hall–Kier alpha value is -2.98. The third-order valence-corrected chi connectivity index (χ3v) is 8.32. The van der Waals surface area contributed by atoms with Crippen molar-refractivity contribution in [2.75, 3.05) is 12.3 Å². The Morgan fingerprint density at radius 3 is 2.21 bits per heavy atom. The lowest BCUT2D eigenvalue weighted by Crippen LogP contribution is -2.25. The number of rotatable bonds is 15. The molecule has 1 atom stereocenters. The number of carboxylic acid groups (broad SMARTS) is 1. The number of carboxylic acids is 1. The minimum absolute atomic E-state index is 0.0547. The first-order chi connectivity index (χ1) is 18.7. The fourth-order valence-corrected chi connectivity index (χ4v) is 5.93. The van der Waals surface area contributed by atoms with Crippen molar-refractivity contribution in [3.8, 4) is 16.9 Å². The second-order valence-corrected chi connectivity index (χ2v) is 11.2. The van der Waals surface area contributed by atoms with Crippen molar-refractivity contribution in [3.63, 3.8) is 0 Å². The largest absolute Gasteiger partial charge is 0.481 e. The summed E-state index contributed by atoms with van der Waals surface area (Å²) in [4.78, 5) is 24.5. The van der Waals surface area contributed by atoms with E-state index < -0.39 is 17.7 Å². The van der Waals surface area contributed by atoms with Gasteiger partial charge in [-0.3, -0.25) is 9.59 Å². The van der Waals surface area contributed by atoms with E-state index in [0.29, 0.717) is 16.2 Å². The third kappa shape index (κ3) is 9.93. The Morgan fingerprint density at radius 1 is 0.949 bits per heavy atom. The van der Waals surface area contributed by atoms with E-state index in [4.69, 9.17) is 9.84 Å². The van der Waals surface area contributed by atoms with Gasteiger partial charge in [0.05, 0.1) is 21.7 Å². The molecular formula is C29H32F3NO4S2. The van der Waals surface area contributed by atoms with Crippen molar-refractivity contribution in [1.82, 2.24) is 5.32 Å². The predicted molar refractivity (Wildman–Crippen MR) is 150 cm³/mol. The van der Waals surface area contributed by atoms with Gasteiger partial charge >= 0.3 is 12.1 Å². The molecule has 0 saturated heterocycles. The van der Waals surface area contributed by atoms with Crippen molar-refractivity contribution in [2.45, 2.75) is 57.1 Å². The number of carbonyl (C=O) groups excluding carboxylic acids is 1. The number of hydrogen-bond donors (Lipinski definition) is 2. The standard InChI is InChI=1S/C29H32F3NO4S2/c1-2-3-4-5-6-19-38-28(25-16-15-24(39-25)27(36)33-18-17-26(34)35)37-23-13-9-21(10-14-23)20-7-11-22(12-8-20)29(30,31)32/h7-16,28H,2-6,17-19H2,1H3,(H,33,36)(H,34,35). The monoisotopic (exact) mass is 579 g/mol. The Kier molecular flexibility index (Phi) is 11.7. The maximum atomic E-state index is 12.9. The molecule has 0 bridgehead atoms. The van der Waals surface area contributed by atoms with Crippen LogP contribution >= 0.6 is 23.1 Å². The van der Waals surface area contributed by atoms with Gasteiger partial charge in [-0.05, 0) is 59.7 Å². The van der Waals surface area contributed by atoms with Crippen LogP contribution in [0, 0.1) is 0 Å². The molecule has 0 aliphatic rings. The SMILES string of the molecule is CCCCCCCSC(Oc1ccc(-c2ccc(C(F)(F)F)cc2)cc1)c1ccc(C(=O)NCCC(=O)O)s1. The topological polar surface area (TPSA) is 75.6 Å². The fourth-order valence-electron chi connectivity index (χ4n) is 3.74. The van der Waals surface area contributed by atoms with Crippen LogP contribution in [0.4, 0.5) is 13.2 Å². The molecule has 0 fully saturated rings. The Balaban J connectivity index is 1.69. The van der Waals surface area contributed by atoms with Crippen LogP contribution in [0.15, 0.2) is 60.7 Å². The molecule has 10 heteroatoms. The molecule has 2 N–H and O–H groups in total. The average Bonchev–Trinajstić information content (AvgIpc) is 3.40. The molecule has 3 aromatic rings. The number of nitrogens with one attached hydrogen (secondary N) is 1. The number of benzene rings is 2. The summed E-state index contributed by atoms with van der Waals surface area (Å²) in [6.07, 6.45) is 1.23. The number of alkyl halides is 3. The van der Waals surface area contributed by atoms with Gasteiger partial charge in [0.2, 0.25) is 0 Å². The van der Waals surface area contributed by atoms with Gasteiger partial charge in [-0.25, -0.2) is 0 Å². The lowest BCUT2D eigenvalue weighted by Gasteiger charge is -2.18. The highest BCUT2D eigenvalue weighted by atomic mass is 32.2. The first-order valence-corrected chi connectivity index (χ1v) is 14.7. The van der Waals surface area contributed by atoms with Crippen LogP contribution < -0.4 is 10.1 Å². The first-order valence-electron chi connectivity index (χ1n) is 12.8. The number of unbranched alkanes of at least 4 members (excludes halogenated alkanes) is 4. The highest BCUT2D eigenvalue weighted by Gasteiger charge is 2.30. The van der Waals surface area contributed by atoms with E-state index in [1.807, 2.05) is 6.07 Å². The summed E-state index contributed by atoms with van der Waals surface area (Å²) in [5.74, 6) is 0.192. The molecule has 39 heavy (non-hydrogen) atoms. The molecule has 1 aromatic heterocycles. The van der Waals surface area contributed by atoms with Crippen molar-refractivity contribution < 1.29 is 32.6 Å². The maximum Gasteiger partial charge on any atom is 0.416 e. The van der Waals surface area contributed by atoms with Gasteiger partial charge in [0.1, 0.15) is 5.75 Å². The Morgan fingerprint density at radius 2 is 1.59 bits per heavy atom. The second kappa shape index (κ2) is 15.0. The van der Waals surface area contributed by atoms with Gasteiger partial charge in [0, 0.05) is 6.54 Å². The summed E-state index contributed by atoms with van der Waals surface area (Å²) < 4.78 is 44.9. The van der Waals surface area contributed by atoms with Crippen LogP contribution in [0.1, 0.15) is 71.0 Å². The van der Waals surface area contributed by atoms with Gasteiger partial charge in [-0.2, -0.15) is 13.2 Å². The molecule has 1 amide bonds. The molecule has 0 radical (unpaired) electrons. The number of thiophene rings is 1. The predicted octanol–water partition coefficient (Wildman–Crippen LogP) is 8.42. The van der Waals surface area contributed by atoms with E-state index in [1.54, 1.807) is 42.1 Å². The fraction of sp³-hybridized carbons (Fsp3) is 0.379. The average molecular weight is 580 g/mol. The van der Waals surface area contributed by atoms with E-state index in [-0.39, 0.29) is 24.3 Å². The summed E-state index contributed by atoms with van der Waals surface area (Å²) >= 11 is 2.96. The summed E-state index contributed by atoms with van der Waals surface area (Å²) in [7, 11) is 0. The smallest absolute Gasteiger partial charge is 0.416 e. The molecule has 1 heterocycles. The number of amides is 1. The molecule has 210 valence electrons. The van der Waals surface area contributed by atoms with E-state index in [0.717, 1.165) is 41.2 Å². The lowest BCUT2D eigenvalue weighted by molar-refractivity contribution is -0.138. The number of hydrogen-bond acceptors (Lipinski definition) is 5. The van der Waals surface area contributed by atoms with Crippen LogP contribution in [-0.2, 0) is 11.0 Å². The van der Waals surface area contributed by atoms with Crippen molar-refractivity contribution >= 4 is 35.0 Å². The van der Waals surface area contributed by atoms with Crippen LogP contribution in [0.3, 0.4) is 0 Å². The summed E-state index contributed by atoms with van der Waals surface area (Å²) in [5, 5.41) is 11.4. The summed E-state index contributed by atoms with van der Waals surface area (Å²) in [5.41, 5.74) is 0.405. The number of aliphatic carboxylic acids is 1. The van der Waals surface area contributed by atoms with Gasteiger partial charge in [0.15, 0.2) is 5.44 Å². The molecule has 5 nitrogen and oxygen atoms in total. The maximum absolute atomic E-state index is 12.9. The minimum atomic E-state index is -4.38. The molecule has 0 aliphatic carbocycles. The van der Waals surface area contributed by atoms with E-state index in [2.05, 4.69) is 12.2 Å². The molecule has 0 aliphatic heterocycles. The van der Waals surface area contributed by atoms with E-state index in [9.17, 15) is 22.8 Å². The summed E-state index contributed by atoms with van der Waals surface area (Å²) in [6, 6.07) is 15.8. The highest BCUT2D eigenvalue weighted by molar-refractivity contribution is 7.99. The minimum Gasteiger partial charge on any atom is -0.481 e. The van der Waals surface area contributed by atoms with Crippen LogP contribution in [0.2, 0.25) is 0 Å². The van der Waals surface area contributed by atoms with Crippen molar-refractivity contribution in [1.29, 1.82) is 0 Å². The summed E-state index contributed by atoms with van der Waals surface area (Å²) in [6.45, 7) is 2.23. The van der Waals surface area contributed by atoms with E-state index >= 15 is 0 Å². The first kappa shape index (κ1) is 30.6. The number of thioether (sulfide) groups is 1. The lowest BCUT2D eigenvalue weighted by atomic mass is 10.0. The van der Waals surface area contributed by atoms with Gasteiger partial charge in [0.25, 0.3) is 5.91 Å². The normalized spacial score (nSPS) is 12.2. The van der Waals surface area contributed by atoms with Gasteiger partial charge in [-0.15, -0.1) is 23.1 Å². The van der Waals surface area contributed by atoms with Gasteiger partial charge in [-0.1, -0.05) is 56.9 Å². The zero-order valence-electron chi connectivity index (χ0n) is 21.6. The zero-order chi connectivity index (χ0) is 28.3. The Labute approximate surface area is 234 Å².